The molecule has 4 N–H and O–H groups in total. The summed E-state index contributed by atoms with van der Waals surface area (Å²) in [6.07, 6.45) is 4.41. The number of allylic oxidation sites excluding steroid dienone is 1. The van der Waals surface area contributed by atoms with E-state index < -0.39 is 40.3 Å². The van der Waals surface area contributed by atoms with E-state index in [1.807, 2.05) is 0 Å². The summed E-state index contributed by atoms with van der Waals surface area (Å²) in [6.45, 7) is 2.94. The fourth-order valence-electron chi connectivity index (χ4n) is 3.28. The van der Waals surface area contributed by atoms with Crippen molar-refractivity contribution in [3.8, 4) is 5.75 Å². The number of esters is 1. The summed E-state index contributed by atoms with van der Waals surface area (Å²) in [5.41, 5.74) is 6.72. The molecule has 2 heterocycles. The van der Waals surface area contributed by atoms with Gasteiger partial charge in [0.05, 0.1) is 17.3 Å². The number of aryl methyl sites for hydroxylation is 1. The maximum absolute atomic E-state index is 13.1. The number of fused-ring (bicyclic) bond motifs is 2. The first-order valence-corrected chi connectivity index (χ1v) is 9.55. The van der Waals surface area contributed by atoms with E-state index in [2.05, 4.69) is 5.32 Å². The van der Waals surface area contributed by atoms with Crippen LogP contribution in [0.2, 0.25) is 0 Å². The molecule has 0 spiro atoms. The van der Waals surface area contributed by atoms with Gasteiger partial charge in [-0.2, -0.15) is 0 Å². The van der Waals surface area contributed by atoms with E-state index in [9.17, 15) is 23.1 Å². The summed E-state index contributed by atoms with van der Waals surface area (Å²) in [5.74, 6) is -1.48. The topological polar surface area (TPSA) is 139 Å². The van der Waals surface area contributed by atoms with Crippen LogP contribution in [0.4, 0.5) is 5.69 Å². The summed E-state index contributed by atoms with van der Waals surface area (Å²) in [5, 5.41) is 1.88. The molecule has 0 bridgehead atoms. The van der Waals surface area contributed by atoms with E-state index in [-0.39, 0.29) is 53.0 Å². The van der Waals surface area contributed by atoms with Crippen molar-refractivity contribution >= 4 is 34.6 Å². The molecule has 3 rings (SSSR count). The van der Waals surface area contributed by atoms with Gasteiger partial charge in [0.25, 0.3) is 5.91 Å². The number of primary amides is 1. The standard InChI is InChI=1S/C18H19N3O6S.Na/c1-9-3-5-12-15(16(9)27-10(2)22)20-17(28(25)26)13-7-11(4-6-14(19)23)8-21(13)18(12)24;/h3-6,8,13,17,20H,7H2,1-2H3,(H2,19,23)(H,25,26);/q;+1/b6-4+;. The molecule has 1 aromatic carbocycles. The molecule has 0 fully saturated rings. The van der Waals surface area contributed by atoms with Crippen molar-refractivity contribution < 1.29 is 57.4 Å². The number of nitrogens with zero attached hydrogens (tertiary/aromatic N) is 1. The van der Waals surface area contributed by atoms with Crippen molar-refractivity contribution in [1.29, 1.82) is 0 Å². The van der Waals surface area contributed by atoms with Gasteiger partial charge in [-0.25, -0.2) is 4.21 Å². The van der Waals surface area contributed by atoms with Crippen LogP contribution in [0.25, 0.3) is 0 Å². The van der Waals surface area contributed by atoms with Gasteiger partial charge in [0.15, 0.2) is 16.8 Å². The summed E-state index contributed by atoms with van der Waals surface area (Å²) in [4.78, 5) is 36.9. The number of hydrogen-bond acceptors (Lipinski definition) is 6. The Kier molecular flexibility index (Phi) is 7.41. The van der Waals surface area contributed by atoms with Crippen LogP contribution in [-0.2, 0) is 20.7 Å². The third kappa shape index (κ3) is 4.78. The molecule has 0 radical (unpaired) electrons. The Labute approximate surface area is 191 Å². The van der Waals surface area contributed by atoms with Gasteiger partial charge >= 0.3 is 35.5 Å². The molecule has 148 valence electrons. The first kappa shape index (κ1) is 23.3. The zero-order valence-electron chi connectivity index (χ0n) is 16.2. The normalized spacial score (nSPS) is 21.3. The number of ether oxygens (including phenoxy) is 1. The fraction of sp³-hybridized carbons (Fsp3) is 0.278. The first-order valence-electron chi connectivity index (χ1n) is 8.38. The maximum Gasteiger partial charge on any atom is 1.00 e. The molecule has 0 saturated carbocycles. The fourth-order valence-corrected chi connectivity index (χ4v) is 3.99. The average molecular weight is 428 g/mol. The Morgan fingerprint density at radius 1 is 1.41 bits per heavy atom. The van der Waals surface area contributed by atoms with Crippen molar-refractivity contribution in [3.05, 3.63) is 47.2 Å². The van der Waals surface area contributed by atoms with Crippen LogP contribution in [0.1, 0.15) is 29.3 Å². The van der Waals surface area contributed by atoms with Gasteiger partial charge in [-0.3, -0.25) is 14.4 Å². The molecule has 3 atom stereocenters. The number of amides is 2. The van der Waals surface area contributed by atoms with E-state index in [1.165, 1.54) is 24.1 Å². The van der Waals surface area contributed by atoms with Gasteiger partial charge in [0, 0.05) is 19.2 Å². The second kappa shape index (κ2) is 9.23. The second-order valence-electron chi connectivity index (χ2n) is 6.49. The molecular weight excluding hydrogens is 409 g/mol. The number of nitrogens with two attached hydrogens (primary N) is 1. The third-order valence-corrected chi connectivity index (χ3v) is 5.35. The van der Waals surface area contributed by atoms with Crippen molar-refractivity contribution in [1.82, 2.24) is 4.90 Å². The van der Waals surface area contributed by atoms with Crippen LogP contribution in [0, 0.1) is 6.92 Å². The Morgan fingerprint density at radius 3 is 2.69 bits per heavy atom. The zero-order valence-corrected chi connectivity index (χ0v) is 19.0. The SMILES string of the molecule is CC(=O)Oc1c(C)ccc2c1NC(S(=O)O)C1CC(/C=C/C(N)=O)=CN1C2=O.[Na+]. The number of anilines is 1. The van der Waals surface area contributed by atoms with Gasteiger partial charge in [-0.15, -0.1) is 0 Å². The van der Waals surface area contributed by atoms with E-state index in [0.717, 1.165) is 6.08 Å². The summed E-state index contributed by atoms with van der Waals surface area (Å²) in [6, 6.07) is 2.52. The maximum atomic E-state index is 13.1. The van der Waals surface area contributed by atoms with E-state index in [0.29, 0.717) is 11.1 Å². The predicted molar refractivity (Wildman–Crippen MR) is 102 cm³/mol. The number of nitrogens with one attached hydrogen (secondary N) is 1. The number of carbonyl (C=O) groups excluding carboxylic acids is 3. The Morgan fingerprint density at radius 2 is 2.10 bits per heavy atom. The molecule has 2 aliphatic rings. The molecule has 2 amide bonds. The van der Waals surface area contributed by atoms with Crippen LogP contribution >= 0.6 is 0 Å². The van der Waals surface area contributed by atoms with Crippen LogP contribution in [-0.4, -0.2) is 42.9 Å². The van der Waals surface area contributed by atoms with Crippen molar-refractivity contribution in [2.24, 2.45) is 5.73 Å². The molecule has 1 aromatic rings. The van der Waals surface area contributed by atoms with E-state index >= 15 is 0 Å². The minimum absolute atomic E-state index is 0. The molecule has 0 saturated heterocycles. The summed E-state index contributed by atoms with van der Waals surface area (Å²) in [7, 11) is 0. The molecule has 11 heteroatoms. The van der Waals surface area contributed by atoms with Crippen LogP contribution < -0.4 is 45.3 Å². The van der Waals surface area contributed by atoms with E-state index in [1.54, 1.807) is 19.1 Å². The Hall–Kier alpha value is -1.98. The molecule has 9 nitrogen and oxygen atoms in total. The Balaban J connectivity index is 0.00000300. The smallest absolute Gasteiger partial charge is 0.424 e. The van der Waals surface area contributed by atoms with E-state index in [4.69, 9.17) is 10.5 Å². The first-order chi connectivity index (χ1) is 13.2. The molecule has 2 aliphatic heterocycles. The van der Waals surface area contributed by atoms with Gasteiger partial charge in [-0.1, -0.05) is 12.1 Å². The monoisotopic (exact) mass is 428 g/mol. The molecule has 29 heavy (non-hydrogen) atoms. The van der Waals surface area contributed by atoms with Gasteiger partial charge < -0.3 is 25.2 Å². The van der Waals surface area contributed by atoms with Gasteiger partial charge in [0.1, 0.15) is 5.37 Å². The third-order valence-electron chi connectivity index (χ3n) is 4.49. The van der Waals surface area contributed by atoms with Crippen LogP contribution in [0.15, 0.2) is 36.1 Å². The van der Waals surface area contributed by atoms with Crippen LogP contribution in [0.3, 0.4) is 0 Å². The van der Waals surface area contributed by atoms with Gasteiger partial charge in [0.2, 0.25) is 5.91 Å². The quantitative estimate of drug-likeness (QED) is 0.166. The van der Waals surface area contributed by atoms with Gasteiger partial charge in [-0.05, 0) is 30.5 Å². The van der Waals surface area contributed by atoms with Crippen molar-refractivity contribution in [3.63, 3.8) is 0 Å². The number of carbonyl (C=O) groups is 3. The Bertz CT molecular complexity index is 961. The minimum atomic E-state index is -2.35. The molecule has 0 aromatic heterocycles. The molecular formula is C18H19N3NaO6S+. The zero-order chi connectivity index (χ0) is 20.6. The average Bonchev–Trinajstić information content (AvgIpc) is 2.98. The number of rotatable bonds is 4. The number of benzene rings is 1. The largest absolute Gasteiger partial charge is 1.00 e. The second-order valence-corrected chi connectivity index (χ2v) is 7.55. The summed E-state index contributed by atoms with van der Waals surface area (Å²) >= 11 is -2.35. The molecule has 3 unspecified atom stereocenters. The molecule has 0 aliphatic carbocycles. The van der Waals surface area contributed by atoms with Crippen LogP contribution in [0.5, 0.6) is 5.75 Å². The van der Waals surface area contributed by atoms with Crippen molar-refractivity contribution in [2.45, 2.75) is 31.7 Å². The number of hydrogen-bond donors (Lipinski definition) is 3. The summed E-state index contributed by atoms with van der Waals surface area (Å²) < 4.78 is 27.2. The van der Waals surface area contributed by atoms with Crippen molar-refractivity contribution in [2.75, 3.05) is 5.32 Å². The minimum Gasteiger partial charge on any atom is -0.424 e. The predicted octanol–water partition coefficient (Wildman–Crippen LogP) is -1.96.